The summed E-state index contributed by atoms with van der Waals surface area (Å²) >= 11 is 0. The lowest BCUT2D eigenvalue weighted by Crippen LogP contribution is -2.30. The molecule has 0 saturated heterocycles. The van der Waals surface area contributed by atoms with Crippen molar-refractivity contribution in [3.05, 3.63) is 71.0 Å². The van der Waals surface area contributed by atoms with E-state index >= 15 is 0 Å². The normalized spacial score (nSPS) is 11.7. The van der Waals surface area contributed by atoms with Crippen LogP contribution >= 0.6 is 0 Å². The van der Waals surface area contributed by atoms with E-state index in [0.717, 1.165) is 31.2 Å². The van der Waals surface area contributed by atoms with Gasteiger partial charge in [-0.15, -0.1) is 0 Å². The van der Waals surface area contributed by atoms with Gasteiger partial charge in [-0.3, -0.25) is 14.8 Å². The van der Waals surface area contributed by atoms with Gasteiger partial charge in [0.1, 0.15) is 5.82 Å². The van der Waals surface area contributed by atoms with Gasteiger partial charge in [-0.05, 0) is 61.8 Å². The molecule has 0 aromatic heterocycles. The molecule has 0 saturated carbocycles. The number of halogens is 1. The van der Waals surface area contributed by atoms with Gasteiger partial charge in [0, 0.05) is 18.9 Å². The van der Waals surface area contributed by atoms with Crippen LogP contribution in [0.25, 0.3) is 0 Å². The SMILES string of the molecule is Cc1cc(C[C@H](CCCCNC(=O)CCCc2ccccc2)C(=O)NO)ccc1F. The van der Waals surface area contributed by atoms with Gasteiger partial charge in [0.15, 0.2) is 0 Å². The molecule has 0 bridgehead atoms. The van der Waals surface area contributed by atoms with E-state index in [9.17, 15) is 14.0 Å². The lowest BCUT2D eigenvalue weighted by molar-refractivity contribution is -0.133. The summed E-state index contributed by atoms with van der Waals surface area (Å²) in [4.78, 5) is 23.9. The number of rotatable bonds is 12. The van der Waals surface area contributed by atoms with Crippen molar-refractivity contribution in [3.8, 4) is 0 Å². The number of unbranched alkanes of at least 4 members (excludes halogenated alkanes) is 1. The summed E-state index contributed by atoms with van der Waals surface area (Å²) in [6.45, 7) is 2.25. The zero-order valence-corrected chi connectivity index (χ0v) is 17.5. The predicted octanol–water partition coefficient (Wildman–Crippen LogP) is 4.11. The molecule has 0 radical (unpaired) electrons. The van der Waals surface area contributed by atoms with Gasteiger partial charge in [0.25, 0.3) is 0 Å². The molecule has 0 fully saturated rings. The Balaban J connectivity index is 1.66. The van der Waals surface area contributed by atoms with Crippen molar-refractivity contribution in [1.82, 2.24) is 10.8 Å². The summed E-state index contributed by atoms with van der Waals surface area (Å²) in [6, 6.07) is 14.9. The maximum atomic E-state index is 13.4. The van der Waals surface area contributed by atoms with Crippen molar-refractivity contribution in [2.24, 2.45) is 5.92 Å². The van der Waals surface area contributed by atoms with Gasteiger partial charge in [0.2, 0.25) is 11.8 Å². The van der Waals surface area contributed by atoms with Gasteiger partial charge in [-0.25, -0.2) is 9.87 Å². The number of benzene rings is 2. The Labute approximate surface area is 177 Å². The molecule has 6 heteroatoms. The molecule has 2 aromatic carbocycles. The molecule has 0 spiro atoms. The maximum absolute atomic E-state index is 13.4. The molecule has 2 rings (SSSR count). The summed E-state index contributed by atoms with van der Waals surface area (Å²) in [7, 11) is 0. The van der Waals surface area contributed by atoms with Crippen molar-refractivity contribution in [2.75, 3.05) is 6.54 Å². The fourth-order valence-electron chi connectivity index (χ4n) is 3.47. The van der Waals surface area contributed by atoms with Crippen LogP contribution in [0.4, 0.5) is 4.39 Å². The van der Waals surface area contributed by atoms with Crippen molar-refractivity contribution in [2.45, 2.75) is 51.9 Å². The van der Waals surface area contributed by atoms with E-state index < -0.39 is 11.8 Å². The second-order valence-electron chi connectivity index (χ2n) is 7.65. The highest BCUT2D eigenvalue weighted by Crippen LogP contribution is 2.18. The zero-order valence-electron chi connectivity index (χ0n) is 17.5. The zero-order chi connectivity index (χ0) is 21.8. The minimum atomic E-state index is -0.443. The molecular formula is C24H31FN2O3. The van der Waals surface area contributed by atoms with Crippen LogP contribution in [-0.2, 0) is 22.4 Å². The number of aryl methyl sites for hydroxylation is 2. The summed E-state index contributed by atoms with van der Waals surface area (Å²) in [6.07, 6.45) is 4.69. The molecule has 2 aromatic rings. The highest BCUT2D eigenvalue weighted by Gasteiger charge is 2.18. The molecule has 162 valence electrons. The van der Waals surface area contributed by atoms with Crippen molar-refractivity contribution in [1.29, 1.82) is 0 Å². The third kappa shape index (κ3) is 8.33. The number of amides is 2. The molecule has 0 aliphatic carbocycles. The number of hydrogen-bond donors (Lipinski definition) is 3. The molecule has 30 heavy (non-hydrogen) atoms. The first kappa shape index (κ1) is 23.5. The molecule has 3 N–H and O–H groups in total. The summed E-state index contributed by atoms with van der Waals surface area (Å²) in [5.41, 5.74) is 4.34. The van der Waals surface area contributed by atoms with Crippen LogP contribution in [0.3, 0.4) is 0 Å². The smallest absolute Gasteiger partial charge is 0.246 e. The van der Waals surface area contributed by atoms with Crippen LogP contribution in [0.1, 0.15) is 48.8 Å². The van der Waals surface area contributed by atoms with E-state index in [1.165, 1.54) is 11.6 Å². The molecule has 0 aliphatic rings. The van der Waals surface area contributed by atoms with Gasteiger partial charge in [0.05, 0.1) is 0 Å². The average molecular weight is 415 g/mol. The van der Waals surface area contributed by atoms with Gasteiger partial charge in [-0.1, -0.05) is 48.9 Å². The Morgan fingerprint density at radius 1 is 1.03 bits per heavy atom. The Morgan fingerprint density at radius 2 is 1.80 bits per heavy atom. The van der Waals surface area contributed by atoms with Crippen LogP contribution in [0.15, 0.2) is 48.5 Å². The van der Waals surface area contributed by atoms with Crippen LogP contribution in [-0.4, -0.2) is 23.6 Å². The Kier molecular flexibility index (Phi) is 10.0. The van der Waals surface area contributed by atoms with Gasteiger partial charge in [-0.2, -0.15) is 0 Å². The predicted molar refractivity (Wildman–Crippen MR) is 115 cm³/mol. The molecule has 2 amide bonds. The second-order valence-corrected chi connectivity index (χ2v) is 7.65. The average Bonchev–Trinajstić information content (AvgIpc) is 2.75. The van der Waals surface area contributed by atoms with E-state index in [1.807, 2.05) is 18.2 Å². The number of nitrogens with one attached hydrogen (secondary N) is 2. The second kappa shape index (κ2) is 12.8. The lowest BCUT2D eigenvalue weighted by Gasteiger charge is -2.15. The fourth-order valence-corrected chi connectivity index (χ4v) is 3.47. The van der Waals surface area contributed by atoms with E-state index in [1.54, 1.807) is 24.5 Å². The number of carbonyl (C=O) groups excluding carboxylic acids is 2. The first-order chi connectivity index (χ1) is 14.5. The highest BCUT2D eigenvalue weighted by atomic mass is 19.1. The quantitative estimate of drug-likeness (QED) is 0.278. The minimum Gasteiger partial charge on any atom is -0.356 e. The molecule has 5 nitrogen and oxygen atoms in total. The van der Waals surface area contributed by atoms with E-state index in [-0.39, 0.29) is 11.7 Å². The van der Waals surface area contributed by atoms with Crippen LogP contribution in [0.5, 0.6) is 0 Å². The lowest BCUT2D eigenvalue weighted by atomic mass is 9.92. The van der Waals surface area contributed by atoms with Crippen molar-refractivity contribution < 1.29 is 19.2 Å². The van der Waals surface area contributed by atoms with Gasteiger partial charge >= 0.3 is 0 Å². The molecule has 0 aliphatic heterocycles. The van der Waals surface area contributed by atoms with Crippen LogP contribution in [0.2, 0.25) is 0 Å². The highest BCUT2D eigenvalue weighted by molar-refractivity contribution is 5.77. The number of hydrogen-bond acceptors (Lipinski definition) is 3. The summed E-state index contributed by atoms with van der Waals surface area (Å²) in [5.74, 6) is -1.08. The van der Waals surface area contributed by atoms with Gasteiger partial charge < -0.3 is 5.32 Å². The van der Waals surface area contributed by atoms with Crippen LogP contribution in [0, 0.1) is 18.7 Å². The molecule has 0 unspecified atom stereocenters. The Hall–Kier alpha value is -2.73. The minimum absolute atomic E-state index is 0.0392. The first-order valence-electron chi connectivity index (χ1n) is 10.5. The van der Waals surface area contributed by atoms with E-state index in [2.05, 4.69) is 17.4 Å². The topological polar surface area (TPSA) is 78.4 Å². The Bertz CT molecular complexity index is 811. The number of hydroxylamine groups is 1. The number of carbonyl (C=O) groups is 2. The first-order valence-corrected chi connectivity index (χ1v) is 10.5. The third-order valence-corrected chi connectivity index (χ3v) is 5.20. The van der Waals surface area contributed by atoms with E-state index in [4.69, 9.17) is 5.21 Å². The standard InChI is InChI=1S/C24H31FN2O3/c1-18-16-20(13-14-22(18)25)17-21(24(29)27-30)11-5-6-15-26-23(28)12-7-10-19-8-3-2-4-9-19/h2-4,8-9,13-14,16,21,30H,5-7,10-12,15,17H2,1H3,(H,26,28)(H,27,29)/t21-/m0/s1. The van der Waals surface area contributed by atoms with Crippen LogP contribution < -0.4 is 10.8 Å². The summed E-state index contributed by atoms with van der Waals surface area (Å²) < 4.78 is 13.4. The fraction of sp³-hybridized carbons (Fsp3) is 0.417. The molecular weight excluding hydrogens is 383 g/mol. The molecule has 0 heterocycles. The largest absolute Gasteiger partial charge is 0.356 e. The maximum Gasteiger partial charge on any atom is 0.246 e. The third-order valence-electron chi connectivity index (χ3n) is 5.20. The van der Waals surface area contributed by atoms with Crippen molar-refractivity contribution in [3.63, 3.8) is 0 Å². The van der Waals surface area contributed by atoms with Crippen molar-refractivity contribution >= 4 is 11.8 Å². The molecule has 1 atom stereocenters. The van der Waals surface area contributed by atoms with E-state index in [0.29, 0.717) is 31.4 Å². The monoisotopic (exact) mass is 414 g/mol. The summed E-state index contributed by atoms with van der Waals surface area (Å²) in [5, 5.41) is 11.9. The Morgan fingerprint density at radius 3 is 2.50 bits per heavy atom.